The van der Waals surface area contributed by atoms with Gasteiger partial charge in [-0.25, -0.2) is 0 Å². The molecular weight excluding hydrogens is 432 g/mol. The smallest absolute Gasteiger partial charge is 0.276 e. The van der Waals surface area contributed by atoms with Crippen LogP contribution in [0, 0.1) is 3.57 Å². The van der Waals surface area contributed by atoms with Gasteiger partial charge < -0.3 is 5.32 Å². The molecule has 0 unspecified atom stereocenters. The van der Waals surface area contributed by atoms with E-state index in [1.165, 1.54) is 12.1 Å². The Morgan fingerprint density at radius 1 is 1.28 bits per heavy atom. The third kappa shape index (κ3) is 3.39. The highest BCUT2D eigenvalue weighted by Gasteiger charge is 2.10. The van der Waals surface area contributed by atoms with E-state index in [0.29, 0.717) is 5.69 Å². The Balaban J connectivity index is 2.18. The van der Waals surface area contributed by atoms with Gasteiger partial charge in [-0.15, -0.1) is 10.2 Å². The first-order valence-electron chi connectivity index (χ1n) is 4.82. The summed E-state index contributed by atoms with van der Waals surface area (Å²) in [4.78, 5) is 11.9. The number of amides is 1. The Kier molecular flexibility index (Phi) is 4.52. The molecular formula is C11H6BrClIN3O. The first kappa shape index (κ1) is 13.7. The molecule has 2 rings (SSSR count). The van der Waals surface area contributed by atoms with Crippen LogP contribution in [0.5, 0.6) is 0 Å². The minimum atomic E-state index is -0.332. The molecule has 92 valence electrons. The van der Waals surface area contributed by atoms with Crippen LogP contribution in [0.3, 0.4) is 0 Å². The fourth-order valence-corrected chi connectivity index (χ4v) is 2.71. The van der Waals surface area contributed by atoms with Crippen LogP contribution < -0.4 is 5.32 Å². The van der Waals surface area contributed by atoms with Gasteiger partial charge in [-0.3, -0.25) is 4.79 Å². The SMILES string of the molecule is O=C(Nc1ccc(I)cc1Br)c1ccc(Cl)nn1. The van der Waals surface area contributed by atoms with Crippen LogP contribution in [-0.2, 0) is 0 Å². The third-order valence-corrected chi connectivity index (χ3v) is 3.57. The van der Waals surface area contributed by atoms with E-state index in [1.54, 1.807) is 0 Å². The van der Waals surface area contributed by atoms with Crippen LogP contribution >= 0.6 is 50.1 Å². The largest absolute Gasteiger partial charge is 0.320 e. The van der Waals surface area contributed by atoms with Crippen LogP contribution in [0.25, 0.3) is 0 Å². The number of rotatable bonds is 2. The molecule has 1 N–H and O–H groups in total. The maximum atomic E-state index is 11.9. The van der Waals surface area contributed by atoms with Gasteiger partial charge in [0.1, 0.15) is 0 Å². The lowest BCUT2D eigenvalue weighted by molar-refractivity contribution is 0.102. The molecule has 0 bridgehead atoms. The van der Waals surface area contributed by atoms with Gasteiger partial charge in [-0.1, -0.05) is 11.6 Å². The molecule has 2 aromatic rings. The van der Waals surface area contributed by atoms with Gasteiger partial charge >= 0.3 is 0 Å². The van der Waals surface area contributed by atoms with E-state index >= 15 is 0 Å². The third-order valence-electron chi connectivity index (χ3n) is 2.04. The molecule has 0 radical (unpaired) electrons. The van der Waals surface area contributed by atoms with Crippen LogP contribution in [-0.4, -0.2) is 16.1 Å². The summed E-state index contributed by atoms with van der Waals surface area (Å²) in [5, 5.41) is 10.3. The second-order valence-corrected chi connectivity index (χ2v) is 5.81. The highest BCUT2D eigenvalue weighted by Crippen LogP contribution is 2.24. The van der Waals surface area contributed by atoms with Crippen molar-refractivity contribution in [1.29, 1.82) is 0 Å². The first-order chi connectivity index (χ1) is 8.56. The summed E-state index contributed by atoms with van der Waals surface area (Å²) in [5.41, 5.74) is 0.891. The van der Waals surface area contributed by atoms with Crippen LogP contribution in [0.4, 0.5) is 5.69 Å². The van der Waals surface area contributed by atoms with Gasteiger partial charge in [-0.05, 0) is 68.9 Å². The Bertz CT molecular complexity index is 591. The van der Waals surface area contributed by atoms with Crippen molar-refractivity contribution in [2.24, 2.45) is 0 Å². The molecule has 0 saturated heterocycles. The van der Waals surface area contributed by atoms with E-state index in [4.69, 9.17) is 11.6 Å². The average Bonchev–Trinajstić information content (AvgIpc) is 2.33. The number of benzene rings is 1. The molecule has 0 saturated carbocycles. The van der Waals surface area contributed by atoms with Crippen molar-refractivity contribution in [2.45, 2.75) is 0 Å². The van der Waals surface area contributed by atoms with E-state index < -0.39 is 0 Å². The Morgan fingerprint density at radius 2 is 2.06 bits per heavy atom. The Hall–Kier alpha value is -0.730. The molecule has 1 aromatic heterocycles. The molecule has 7 heteroatoms. The Morgan fingerprint density at radius 3 is 2.67 bits per heavy atom. The number of nitrogens with one attached hydrogen (secondary N) is 1. The standard InChI is InChI=1S/C11H6BrClIN3O/c12-7-5-6(14)1-2-8(7)15-11(18)9-3-4-10(13)17-16-9/h1-5H,(H,15,18). The van der Waals surface area contributed by atoms with Crippen LogP contribution in [0.15, 0.2) is 34.8 Å². The molecule has 4 nitrogen and oxygen atoms in total. The molecule has 1 amide bonds. The van der Waals surface area contributed by atoms with E-state index in [9.17, 15) is 4.79 Å². The number of aromatic nitrogens is 2. The predicted molar refractivity (Wildman–Crippen MR) is 81.9 cm³/mol. The maximum Gasteiger partial charge on any atom is 0.276 e. The first-order valence-corrected chi connectivity index (χ1v) is 7.07. The van der Waals surface area contributed by atoms with Crippen molar-refractivity contribution in [3.63, 3.8) is 0 Å². The quantitative estimate of drug-likeness (QED) is 0.727. The Labute approximate surface area is 130 Å². The second kappa shape index (κ2) is 5.94. The predicted octanol–water partition coefficient (Wildman–Crippen LogP) is 3.75. The highest BCUT2D eigenvalue weighted by atomic mass is 127. The lowest BCUT2D eigenvalue weighted by atomic mass is 10.3. The number of halogens is 3. The lowest BCUT2D eigenvalue weighted by Gasteiger charge is -2.06. The van der Waals surface area contributed by atoms with Crippen LogP contribution in [0.1, 0.15) is 10.5 Å². The number of hydrogen-bond acceptors (Lipinski definition) is 3. The zero-order valence-corrected chi connectivity index (χ0v) is 13.3. The number of anilines is 1. The summed E-state index contributed by atoms with van der Waals surface area (Å²) in [5.74, 6) is -0.332. The van der Waals surface area contributed by atoms with Crippen molar-refractivity contribution < 1.29 is 4.79 Å². The summed E-state index contributed by atoms with van der Waals surface area (Å²) in [7, 11) is 0. The van der Waals surface area contributed by atoms with Crippen molar-refractivity contribution in [1.82, 2.24) is 10.2 Å². The summed E-state index contributed by atoms with van der Waals surface area (Å²) < 4.78 is 1.88. The number of carbonyl (C=O) groups excluding carboxylic acids is 1. The zero-order valence-electron chi connectivity index (χ0n) is 8.82. The van der Waals surface area contributed by atoms with Crippen molar-refractivity contribution in [2.75, 3.05) is 5.32 Å². The molecule has 1 aromatic carbocycles. The van der Waals surface area contributed by atoms with Crippen LogP contribution in [0.2, 0.25) is 5.15 Å². The second-order valence-electron chi connectivity index (χ2n) is 3.32. The van der Waals surface area contributed by atoms with Gasteiger partial charge in [0.05, 0.1) is 5.69 Å². The summed E-state index contributed by atoms with van der Waals surface area (Å²) in [6.45, 7) is 0. The molecule has 0 spiro atoms. The lowest BCUT2D eigenvalue weighted by Crippen LogP contribution is -2.14. The van der Waals surface area contributed by atoms with Crippen molar-refractivity contribution >= 4 is 61.7 Å². The topological polar surface area (TPSA) is 54.9 Å². The normalized spacial score (nSPS) is 10.2. The van der Waals surface area contributed by atoms with Gasteiger partial charge in [0.25, 0.3) is 5.91 Å². The molecule has 0 aliphatic carbocycles. The highest BCUT2D eigenvalue weighted by molar-refractivity contribution is 14.1. The van der Waals surface area contributed by atoms with Crippen molar-refractivity contribution in [3.8, 4) is 0 Å². The summed E-state index contributed by atoms with van der Waals surface area (Å²) in [6.07, 6.45) is 0. The fourth-order valence-electron chi connectivity index (χ4n) is 1.21. The molecule has 18 heavy (non-hydrogen) atoms. The number of nitrogens with zero attached hydrogens (tertiary/aromatic N) is 2. The van der Waals surface area contributed by atoms with Gasteiger partial charge in [0.15, 0.2) is 10.8 Å². The molecule has 0 fully saturated rings. The monoisotopic (exact) mass is 437 g/mol. The van der Waals surface area contributed by atoms with Crippen molar-refractivity contribution in [3.05, 3.63) is 49.2 Å². The van der Waals surface area contributed by atoms with E-state index in [0.717, 1.165) is 8.04 Å². The summed E-state index contributed by atoms with van der Waals surface area (Å²) >= 11 is 11.2. The minimum absolute atomic E-state index is 0.213. The van der Waals surface area contributed by atoms with E-state index in [2.05, 4.69) is 54.0 Å². The maximum absolute atomic E-state index is 11.9. The van der Waals surface area contributed by atoms with E-state index in [-0.39, 0.29) is 16.8 Å². The summed E-state index contributed by atoms with van der Waals surface area (Å²) in [6, 6.07) is 8.66. The van der Waals surface area contributed by atoms with Gasteiger partial charge in [0, 0.05) is 8.04 Å². The van der Waals surface area contributed by atoms with Gasteiger partial charge in [-0.2, -0.15) is 0 Å². The van der Waals surface area contributed by atoms with Gasteiger partial charge in [0.2, 0.25) is 0 Å². The minimum Gasteiger partial charge on any atom is -0.320 e. The zero-order chi connectivity index (χ0) is 13.1. The fraction of sp³-hybridized carbons (Fsp3) is 0. The molecule has 0 aliphatic heterocycles. The average molecular weight is 438 g/mol. The number of carbonyl (C=O) groups is 1. The molecule has 1 heterocycles. The number of hydrogen-bond donors (Lipinski definition) is 1. The molecule has 0 aliphatic rings. The van der Waals surface area contributed by atoms with E-state index in [1.807, 2.05) is 18.2 Å². The molecule has 0 atom stereocenters.